The molecule has 74 valence electrons. The second kappa shape index (κ2) is 3.36. The second-order valence-electron chi connectivity index (χ2n) is 3.07. The van der Waals surface area contributed by atoms with Crippen LogP contribution < -0.4 is 0 Å². The van der Waals surface area contributed by atoms with Gasteiger partial charge in [0.1, 0.15) is 0 Å². The van der Waals surface area contributed by atoms with Crippen LogP contribution in [0.5, 0.6) is 0 Å². The zero-order chi connectivity index (χ0) is 10.3. The van der Waals surface area contributed by atoms with Gasteiger partial charge in [-0.15, -0.1) is 11.8 Å². The van der Waals surface area contributed by atoms with Gasteiger partial charge in [-0.25, -0.2) is 4.79 Å². The van der Waals surface area contributed by atoms with Crippen LogP contribution in [0.3, 0.4) is 0 Å². The minimum absolute atomic E-state index is 0.0168. The molecule has 0 bridgehead atoms. The van der Waals surface area contributed by atoms with E-state index in [0.717, 1.165) is 0 Å². The summed E-state index contributed by atoms with van der Waals surface area (Å²) in [6.45, 7) is 0. The Hall–Kier alpha value is -0.880. The molecular formula is C8H7NO3S2. The Morgan fingerprint density at radius 2 is 2.50 bits per heavy atom. The maximum Gasteiger partial charge on any atom is 0.333 e. The highest BCUT2D eigenvalue weighted by molar-refractivity contribution is 8.00. The van der Waals surface area contributed by atoms with Gasteiger partial charge in [0.15, 0.2) is 0 Å². The maximum atomic E-state index is 11.4. The molecule has 2 aliphatic heterocycles. The quantitative estimate of drug-likeness (QED) is 0.551. The Labute approximate surface area is 90.0 Å². The van der Waals surface area contributed by atoms with Gasteiger partial charge in [-0.3, -0.25) is 4.79 Å². The summed E-state index contributed by atoms with van der Waals surface area (Å²) in [4.78, 5) is 23.5. The number of carboxylic acids is 1. The third kappa shape index (κ3) is 1.26. The molecule has 4 nitrogen and oxygen atoms in total. The van der Waals surface area contributed by atoms with Gasteiger partial charge in [0.05, 0.1) is 16.9 Å². The van der Waals surface area contributed by atoms with Crippen molar-refractivity contribution in [2.24, 2.45) is 5.92 Å². The lowest BCUT2D eigenvalue weighted by atomic mass is 10.0. The molecular weight excluding hydrogens is 222 g/mol. The number of fused-ring (bicyclic) bond motifs is 1. The molecule has 1 saturated heterocycles. The molecule has 0 aromatic heterocycles. The molecule has 14 heavy (non-hydrogen) atoms. The first-order chi connectivity index (χ1) is 6.65. The standard InChI is InChI=1S/C8H7NO3S2/c10-6-5(2-13)7-9(6)1-4(3-14-7)8(11)12/h1-2,5,7H,3H2,(H,11,12)/t5?,7-/m0/s1. The molecule has 0 aliphatic carbocycles. The van der Waals surface area contributed by atoms with E-state index in [1.54, 1.807) is 0 Å². The number of aliphatic carboxylic acids is 1. The highest BCUT2D eigenvalue weighted by Gasteiger charge is 2.47. The third-order valence-corrected chi connectivity index (χ3v) is 3.88. The number of hydrogen-bond donors (Lipinski definition) is 1. The molecule has 2 aliphatic rings. The fraction of sp³-hybridized carbons (Fsp3) is 0.375. The molecule has 2 rings (SSSR count). The molecule has 0 aromatic rings. The smallest absolute Gasteiger partial charge is 0.333 e. The fourth-order valence-electron chi connectivity index (χ4n) is 1.45. The van der Waals surface area contributed by atoms with E-state index in [4.69, 9.17) is 17.3 Å². The number of amides is 1. The fourth-order valence-corrected chi connectivity index (χ4v) is 3.09. The number of β-lactam (4-membered cyclic amide) rings is 1. The van der Waals surface area contributed by atoms with Crippen molar-refractivity contribution >= 4 is 41.2 Å². The van der Waals surface area contributed by atoms with E-state index in [9.17, 15) is 9.59 Å². The van der Waals surface area contributed by atoms with E-state index >= 15 is 0 Å². The van der Waals surface area contributed by atoms with Gasteiger partial charge < -0.3 is 10.0 Å². The zero-order valence-electron chi connectivity index (χ0n) is 7.04. The average molecular weight is 229 g/mol. The predicted octanol–water partition coefficient (Wildman–Crippen LogP) is 0.486. The third-order valence-electron chi connectivity index (χ3n) is 2.25. The summed E-state index contributed by atoms with van der Waals surface area (Å²) in [5.41, 5.74) is 0.266. The summed E-state index contributed by atoms with van der Waals surface area (Å²) in [6.07, 6.45) is 1.42. The van der Waals surface area contributed by atoms with Gasteiger partial charge in [0, 0.05) is 12.0 Å². The molecule has 2 heterocycles. The Balaban J connectivity index is 2.20. The van der Waals surface area contributed by atoms with Crippen LogP contribution in [0.4, 0.5) is 0 Å². The van der Waals surface area contributed by atoms with Crippen LogP contribution in [-0.4, -0.2) is 38.4 Å². The lowest BCUT2D eigenvalue weighted by molar-refractivity contribution is -0.141. The van der Waals surface area contributed by atoms with Crippen molar-refractivity contribution in [3.8, 4) is 0 Å². The highest BCUT2D eigenvalue weighted by atomic mass is 32.2. The topological polar surface area (TPSA) is 57.6 Å². The highest BCUT2D eigenvalue weighted by Crippen LogP contribution is 2.39. The molecule has 0 aromatic carbocycles. The lowest BCUT2D eigenvalue weighted by Gasteiger charge is -2.45. The molecule has 0 spiro atoms. The van der Waals surface area contributed by atoms with E-state index in [1.807, 2.05) is 0 Å². The molecule has 0 radical (unpaired) electrons. The Morgan fingerprint density at radius 1 is 1.79 bits per heavy atom. The van der Waals surface area contributed by atoms with E-state index in [2.05, 4.69) is 0 Å². The summed E-state index contributed by atoms with van der Waals surface area (Å²) in [6, 6.07) is 0. The Morgan fingerprint density at radius 3 is 3.07 bits per heavy atom. The van der Waals surface area contributed by atoms with E-state index in [0.29, 0.717) is 5.75 Å². The van der Waals surface area contributed by atoms with Gasteiger partial charge in [0.2, 0.25) is 5.91 Å². The van der Waals surface area contributed by atoms with Crippen LogP contribution >= 0.6 is 24.0 Å². The van der Waals surface area contributed by atoms with Crippen molar-refractivity contribution < 1.29 is 14.7 Å². The van der Waals surface area contributed by atoms with Gasteiger partial charge in [-0.05, 0) is 5.37 Å². The number of thiocarbonyl (C=S) groups is 1. The van der Waals surface area contributed by atoms with E-state index in [-0.39, 0.29) is 22.8 Å². The van der Waals surface area contributed by atoms with E-state index in [1.165, 1.54) is 28.2 Å². The Bertz CT molecular complexity index is 352. The van der Waals surface area contributed by atoms with Crippen molar-refractivity contribution in [2.75, 3.05) is 5.75 Å². The van der Waals surface area contributed by atoms with Gasteiger partial charge in [-0.2, -0.15) is 0 Å². The average Bonchev–Trinajstić information content (AvgIpc) is 2.17. The minimum Gasteiger partial charge on any atom is -0.478 e. The van der Waals surface area contributed by atoms with Crippen LogP contribution in [0.1, 0.15) is 0 Å². The number of carbonyl (C=O) groups excluding carboxylic acids is 1. The molecule has 1 fully saturated rings. The molecule has 1 amide bonds. The summed E-state index contributed by atoms with van der Waals surface area (Å²) < 4.78 is 0. The van der Waals surface area contributed by atoms with Crippen LogP contribution in [0.2, 0.25) is 0 Å². The number of carbonyl (C=O) groups is 2. The first-order valence-corrected chi connectivity index (χ1v) is 5.50. The summed E-state index contributed by atoms with van der Waals surface area (Å²) in [5, 5.41) is 10.2. The zero-order valence-corrected chi connectivity index (χ0v) is 8.68. The Kier molecular flexibility index (Phi) is 2.32. The minimum atomic E-state index is -0.963. The van der Waals surface area contributed by atoms with Crippen LogP contribution in [0.25, 0.3) is 0 Å². The van der Waals surface area contributed by atoms with Crippen molar-refractivity contribution in [1.82, 2.24) is 4.90 Å². The van der Waals surface area contributed by atoms with Gasteiger partial charge in [0.25, 0.3) is 0 Å². The summed E-state index contributed by atoms with van der Waals surface area (Å²) >= 11 is 6.17. The second-order valence-corrected chi connectivity index (χ2v) is 4.45. The normalized spacial score (nSPS) is 30.1. The van der Waals surface area contributed by atoms with Crippen LogP contribution in [0, 0.1) is 5.92 Å². The number of rotatable bonds is 2. The van der Waals surface area contributed by atoms with Crippen molar-refractivity contribution in [3.63, 3.8) is 0 Å². The first-order valence-electron chi connectivity index (χ1n) is 3.98. The first kappa shape index (κ1) is 9.67. The largest absolute Gasteiger partial charge is 0.478 e. The van der Waals surface area contributed by atoms with Crippen molar-refractivity contribution in [3.05, 3.63) is 11.8 Å². The summed E-state index contributed by atoms with van der Waals surface area (Å²) in [5.74, 6) is -0.851. The molecule has 0 saturated carbocycles. The number of hydrogen-bond acceptors (Lipinski definition) is 4. The molecule has 6 heteroatoms. The van der Waals surface area contributed by atoms with Gasteiger partial charge >= 0.3 is 5.97 Å². The van der Waals surface area contributed by atoms with E-state index < -0.39 is 5.97 Å². The number of carboxylic acid groups (broad SMARTS) is 1. The monoisotopic (exact) mass is 229 g/mol. The van der Waals surface area contributed by atoms with Gasteiger partial charge in [-0.1, -0.05) is 12.2 Å². The number of thioether (sulfide) groups is 1. The van der Waals surface area contributed by atoms with Crippen molar-refractivity contribution in [1.29, 1.82) is 0 Å². The maximum absolute atomic E-state index is 11.4. The molecule has 1 unspecified atom stereocenters. The van der Waals surface area contributed by atoms with Crippen LogP contribution in [-0.2, 0) is 9.59 Å². The molecule has 1 N–H and O–H groups in total. The summed E-state index contributed by atoms with van der Waals surface area (Å²) in [7, 11) is 0. The lowest BCUT2D eigenvalue weighted by Crippen LogP contribution is -2.58. The predicted molar refractivity (Wildman–Crippen MR) is 56.0 cm³/mol. The van der Waals surface area contributed by atoms with Crippen molar-refractivity contribution in [2.45, 2.75) is 5.37 Å². The number of nitrogens with zero attached hydrogens (tertiary/aromatic N) is 1. The SMILES string of the molecule is O=C(O)C1=CN2C(=O)C(C=S)[C@@H]2SC1. The molecule has 2 atom stereocenters. The van der Waals surface area contributed by atoms with Crippen LogP contribution in [0.15, 0.2) is 11.8 Å².